The van der Waals surface area contributed by atoms with Crippen LogP contribution in [0.4, 0.5) is 0 Å². The minimum Gasteiger partial charge on any atom is -0.497 e. The lowest BCUT2D eigenvalue weighted by Crippen LogP contribution is -2.35. The van der Waals surface area contributed by atoms with Crippen molar-refractivity contribution < 1.29 is 9.53 Å². The van der Waals surface area contributed by atoms with Gasteiger partial charge in [-0.15, -0.1) is 0 Å². The molecule has 2 heterocycles. The zero-order chi connectivity index (χ0) is 22.1. The Kier molecular flexibility index (Phi) is 5.39. The Morgan fingerprint density at radius 3 is 2.62 bits per heavy atom. The third-order valence-electron chi connectivity index (χ3n) is 6.27. The van der Waals surface area contributed by atoms with Gasteiger partial charge in [0.2, 0.25) is 5.91 Å². The van der Waals surface area contributed by atoms with Crippen molar-refractivity contribution in [3.63, 3.8) is 0 Å². The largest absolute Gasteiger partial charge is 0.497 e. The second-order valence-corrected chi connectivity index (χ2v) is 8.38. The molecule has 1 aliphatic rings. The SMILES string of the molecule is COc1ccc(Cn2cnc3c4ccccc4n(CC(=O)NC4CCCC4)c3c2=O)cc1. The monoisotopic (exact) mass is 430 g/mol. The Labute approximate surface area is 185 Å². The highest BCUT2D eigenvalue weighted by Gasteiger charge is 2.21. The smallest absolute Gasteiger partial charge is 0.278 e. The van der Waals surface area contributed by atoms with Crippen LogP contribution in [0.15, 0.2) is 59.7 Å². The molecule has 1 amide bonds. The Hall–Kier alpha value is -3.61. The third kappa shape index (κ3) is 3.75. The number of fused-ring (bicyclic) bond motifs is 3. The van der Waals surface area contributed by atoms with E-state index in [0.29, 0.717) is 17.6 Å². The molecule has 0 atom stereocenters. The molecule has 0 unspecified atom stereocenters. The van der Waals surface area contributed by atoms with Gasteiger partial charge in [0.1, 0.15) is 23.3 Å². The third-order valence-corrected chi connectivity index (χ3v) is 6.27. The van der Waals surface area contributed by atoms with Gasteiger partial charge < -0.3 is 14.6 Å². The lowest BCUT2D eigenvalue weighted by atomic mass is 10.2. The molecule has 2 aromatic heterocycles. The molecular formula is C25H26N4O3. The predicted octanol–water partition coefficient (Wildman–Crippen LogP) is 3.47. The molecule has 1 saturated carbocycles. The first-order chi connectivity index (χ1) is 15.6. The number of benzene rings is 2. The Balaban J connectivity index is 1.55. The first-order valence-corrected chi connectivity index (χ1v) is 11.0. The number of amides is 1. The van der Waals surface area contributed by atoms with E-state index in [0.717, 1.165) is 47.9 Å². The molecule has 1 fully saturated rings. The van der Waals surface area contributed by atoms with Crippen molar-refractivity contribution in [3.8, 4) is 5.75 Å². The van der Waals surface area contributed by atoms with E-state index in [4.69, 9.17) is 4.74 Å². The molecule has 1 N–H and O–H groups in total. The van der Waals surface area contributed by atoms with Crippen molar-refractivity contribution in [1.29, 1.82) is 0 Å². The summed E-state index contributed by atoms with van der Waals surface area (Å²) in [5, 5.41) is 4.01. The summed E-state index contributed by atoms with van der Waals surface area (Å²) in [5.74, 6) is 0.701. The van der Waals surface area contributed by atoms with Gasteiger partial charge in [-0.1, -0.05) is 43.2 Å². The topological polar surface area (TPSA) is 78.2 Å². The summed E-state index contributed by atoms with van der Waals surface area (Å²) in [7, 11) is 1.62. The predicted molar refractivity (Wildman–Crippen MR) is 124 cm³/mol. The first kappa shape index (κ1) is 20.3. The minimum absolute atomic E-state index is 0.0653. The van der Waals surface area contributed by atoms with Crippen LogP contribution < -0.4 is 15.6 Å². The molecule has 0 bridgehead atoms. The molecule has 7 nitrogen and oxygen atoms in total. The Morgan fingerprint density at radius 2 is 1.88 bits per heavy atom. The Bertz CT molecular complexity index is 1330. The number of rotatable bonds is 6. The maximum atomic E-state index is 13.5. The quantitative estimate of drug-likeness (QED) is 0.508. The maximum absolute atomic E-state index is 13.5. The summed E-state index contributed by atoms with van der Waals surface area (Å²) in [4.78, 5) is 31.0. The standard InChI is InChI=1S/C25H26N4O3/c1-32-19-12-10-17(11-13-19)14-28-16-26-23-20-8-4-5-9-21(20)29(24(23)25(28)31)15-22(30)27-18-6-2-3-7-18/h4-5,8-13,16,18H,2-3,6-7,14-15H2,1H3,(H,27,30). The van der Waals surface area contributed by atoms with Gasteiger partial charge in [0.25, 0.3) is 5.56 Å². The molecule has 0 saturated heterocycles. The molecule has 2 aromatic carbocycles. The van der Waals surface area contributed by atoms with Gasteiger partial charge in [0.05, 0.1) is 25.5 Å². The van der Waals surface area contributed by atoms with E-state index < -0.39 is 0 Å². The van der Waals surface area contributed by atoms with Crippen LogP contribution in [0.1, 0.15) is 31.2 Å². The average molecular weight is 431 g/mol. The summed E-state index contributed by atoms with van der Waals surface area (Å²) in [6, 6.07) is 15.6. The highest BCUT2D eigenvalue weighted by Crippen LogP contribution is 2.25. The molecule has 7 heteroatoms. The molecule has 1 aliphatic carbocycles. The van der Waals surface area contributed by atoms with Gasteiger partial charge in [0, 0.05) is 11.4 Å². The van der Waals surface area contributed by atoms with Crippen LogP contribution in [-0.4, -0.2) is 33.2 Å². The molecule has 4 aromatic rings. The summed E-state index contributed by atoms with van der Waals surface area (Å²) in [6.07, 6.45) is 5.94. The van der Waals surface area contributed by atoms with E-state index in [-0.39, 0.29) is 24.1 Å². The van der Waals surface area contributed by atoms with E-state index >= 15 is 0 Å². The number of carbonyl (C=O) groups excluding carboxylic acids is 1. The second-order valence-electron chi connectivity index (χ2n) is 8.38. The van der Waals surface area contributed by atoms with Crippen LogP contribution in [-0.2, 0) is 17.9 Å². The summed E-state index contributed by atoms with van der Waals surface area (Å²) in [6.45, 7) is 0.492. The summed E-state index contributed by atoms with van der Waals surface area (Å²) in [5.41, 5.74) is 2.75. The second kappa shape index (κ2) is 8.49. The highest BCUT2D eigenvalue weighted by atomic mass is 16.5. The minimum atomic E-state index is -0.157. The number of para-hydroxylation sites is 1. The lowest BCUT2D eigenvalue weighted by Gasteiger charge is -2.13. The molecule has 0 spiro atoms. The number of carbonyl (C=O) groups is 1. The lowest BCUT2D eigenvalue weighted by molar-refractivity contribution is -0.122. The number of hydrogen-bond acceptors (Lipinski definition) is 4. The number of hydrogen-bond donors (Lipinski definition) is 1. The van der Waals surface area contributed by atoms with Crippen molar-refractivity contribution in [2.24, 2.45) is 0 Å². The van der Waals surface area contributed by atoms with E-state index in [2.05, 4.69) is 10.3 Å². The van der Waals surface area contributed by atoms with Crippen LogP contribution in [0.25, 0.3) is 21.9 Å². The van der Waals surface area contributed by atoms with E-state index in [1.807, 2.05) is 53.1 Å². The zero-order valence-electron chi connectivity index (χ0n) is 18.1. The summed E-state index contributed by atoms with van der Waals surface area (Å²) < 4.78 is 8.62. The fourth-order valence-electron chi connectivity index (χ4n) is 4.64. The van der Waals surface area contributed by atoms with Crippen molar-refractivity contribution in [2.45, 2.75) is 44.8 Å². The van der Waals surface area contributed by atoms with Gasteiger partial charge in [-0.3, -0.25) is 14.2 Å². The fourth-order valence-corrected chi connectivity index (χ4v) is 4.64. The Morgan fingerprint density at radius 1 is 1.12 bits per heavy atom. The molecule has 5 rings (SSSR count). The van der Waals surface area contributed by atoms with E-state index in [1.165, 1.54) is 0 Å². The molecule has 164 valence electrons. The van der Waals surface area contributed by atoms with Crippen molar-refractivity contribution in [1.82, 2.24) is 19.4 Å². The van der Waals surface area contributed by atoms with Gasteiger partial charge in [-0.25, -0.2) is 4.98 Å². The number of ether oxygens (including phenoxy) is 1. The number of nitrogens with zero attached hydrogens (tertiary/aromatic N) is 3. The van der Waals surface area contributed by atoms with E-state index in [1.54, 1.807) is 18.0 Å². The normalized spacial score (nSPS) is 14.3. The van der Waals surface area contributed by atoms with Crippen LogP contribution >= 0.6 is 0 Å². The average Bonchev–Trinajstić information content (AvgIpc) is 3.43. The molecule has 0 aliphatic heterocycles. The molecular weight excluding hydrogens is 404 g/mol. The summed E-state index contributed by atoms with van der Waals surface area (Å²) >= 11 is 0. The molecule has 0 radical (unpaired) electrons. The van der Waals surface area contributed by atoms with Gasteiger partial charge >= 0.3 is 0 Å². The van der Waals surface area contributed by atoms with Gasteiger partial charge in [-0.2, -0.15) is 0 Å². The molecule has 32 heavy (non-hydrogen) atoms. The number of aromatic nitrogens is 3. The van der Waals surface area contributed by atoms with Crippen molar-refractivity contribution >= 4 is 27.8 Å². The maximum Gasteiger partial charge on any atom is 0.278 e. The van der Waals surface area contributed by atoms with Crippen LogP contribution in [0.3, 0.4) is 0 Å². The number of methoxy groups -OCH3 is 1. The van der Waals surface area contributed by atoms with Crippen molar-refractivity contribution in [2.75, 3.05) is 7.11 Å². The van der Waals surface area contributed by atoms with Crippen LogP contribution in [0, 0.1) is 0 Å². The van der Waals surface area contributed by atoms with Crippen LogP contribution in [0.5, 0.6) is 5.75 Å². The fraction of sp³-hybridized carbons (Fsp3) is 0.320. The van der Waals surface area contributed by atoms with Gasteiger partial charge in [-0.05, 0) is 36.6 Å². The highest BCUT2D eigenvalue weighted by molar-refractivity contribution is 6.06. The van der Waals surface area contributed by atoms with Crippen LogP contribution in [0.2, 0.25) is 0 Å². The number of nitrogens with one attached hydrogen (secondary N) is 1. The van der Waals surface area contributed by atoms with E-state index in [9.17, 15) is 9.59 Å². The van der Waals surface area contributed by atoms with Gasteiger partial charge in [0.15, 0.2) is 0 Å². The first-order valence-electron chi connectivity index (χ1n) is 11.0. The van der Waals surface area contributed by atoms with Crippen molar-refractivity contribution in [3.05, 3.63) is 70.8 Å². The zero-order valence-corrected chi connectivity index (χ0v) is 18.1.